The van der Waals surface area contributed by atoms with Crippen LogP contribution in [0.25, 0.3) is 0 Å². The van der Waals surface area contributed by atoms with Crippen LogP contribution in [0.3, 0.4) is 0 Å². The molecule has 7 heteroatoms. The molecule has 0 bridgehead atoms. The van der Waals surface area contributed by atoms with Gasteiger partial charge in [0, 0.05) is 21.6 Å². The molecule has 0 fully saturated rings. The number of halogens is 1. The van der Waals surface area contributed by atoms with E-state index in [0.717, 1.165) is 22.3 Å². The molecule has 0 atom stereocenters. The Kier molecular flexibility index (Phi) is 5.80. The first kappa shape index (κ1) is 16.5. The predicted octanol–water partition coefficient (Wildman–Crippen LogP) is 3.81. The van der Waals surface area contributed by atoms with Crippen LogP contribution in [0.1, 0.15) is 18.2 Å². The Labute approximate surface area is 137 Å². The zero-order valence-electron chi connectivity index (χ0n) is 11.6. The van der Waals surface area contributed by atoms with Crippen molar-refractivity contribution in [2.75, 3.05) is 11.3 Å². The molecule has 0 aliphatic carbocycles. The first-order chi connectivity index (χ1) is 10.0. The Morgan fingerprint density at radius 1 is 1.29 bits per heavy atom. The Hall–Kier alpha value is -0.890. The second-order valence-corrected chi connectivity index (χ2v) is 8.07. The number of hydrogen-bond acceptors (Lipinski definition) is 4. The van der Waals surface area contributed by atoms with Gasteiger partial charge in [-0.15, -0.1) is 11.3 Å². The fourth-order valence-corrected chi connectivity index (χ4v) is 4.70. The molecule has 1 aromatic heterocycles. The summed E-state index contributed by atoms with van der Waals surface area (Å²) in [6, 6.07) is 8.75. The largest absolute Gasteiger partial charge is 0.312 e. The predicted molar refractivity (Wildman–Crippen MR) is 91.3 cm³/mol. The van der Waals surface area contributed by atoms with E-state index in [1.54, 1.807) is 29.6 Å². The lowest BCUT2D eigenvalue weighted by Gasteiger charge is -2.09. The molecule has 0 aliphatic heterocycles. The highest BCUT2D eigenvalue weighted by atomic mass is 79.9. The molecule has 2 aromatic rings. The molecule has 1 aromatic carbocycles. The quantitative estimate of drug-likeness (QED) is 0.708. The van der Waals surface area contributed by atoms with E-state index in [9.17, 15) is 8.42 Å². The van der Waals surface area contributed by atoms with Crippen LogP contribution < -0.4 is 10.0 Å². The van der Waals surface area contributed by atoms with Crippen LogP contribution in [0, 0.1) is 0 Å². The molecule has 0 radical (unpaired) electrons. The molecule has 2 rings (SSSR count). The van der Waals surface area contributed by atoms with Crippen molar-refractivity contribution < 1.29 is 8.42 Å². The van der Waals surface area contributed by atoms with E-state index >= 15 is 0 Å². The summed E-state index contributed by atoms with van der Waals surface area (Å²) in [6.07, 6.45) is 1.02. The maximum atomic E-state index is 12.5. The Bertz CT molecular complexity index is 699. The van der Waals surface area contributed by atoms with Crippen molar-refractivity contribution in [3.8, 4) is 0 Å². The Morgan fingerprint density at radius 2 is 2.10 bits per heavy atom. The topological polar surface area (TPSA) is 58.2 Å². The SMILES string of the molecule is CCCNCc1sccc1S(=O)(=O)Nc1cccc(Br)c1. The number of benzene rings is 1. The first-order valence-electron chi connectivity index (χ1n) is 6.58. The number of rotatable bonds is 7. The highest BCUT2D eigenvalue weighted by Gasteiger charge is 2.19. The average molecular weight is 389 g/mol. The monoisotopic (exact) mass is 388 g/mol. The maximum Gasteiger partial charge on any atom is 0.263 e. The van der Waals surface area contributed by atoms with E-state index in [-0.39, 0.29) is 0 Å². The third kappa shape index (κ3) is 4.54. The first-order valence-corrected chi connectivity index (χ1v) is 9.74. The van der Waals surface area contributed by atoms with E-state index < -0.39 is 10.0 Å². The third-order valence-corrected chi connectivity index (χ3v) is 5.79. The summed E-state index contributed by atoms with van der Waals surface area (Å²) in [4.78, 5) is 1.17. The molecule has 0 aliphatic rings. The fraction of sp³-hybridized carbons (Fsp3) is 0.286. The maximum absolute atomic E-state index is 12.5. The molecule has 1 heterocycles. The lowest BCUT2D eigenvalue weighted by atomic mass is 10.3. The summed E-state index contributed by atoms with van der Waals surface area (Å²) >= 11 is 4.78. The lowest BCUT2D eigenvalue weighted by Crippen LogP contribution is -2.18. The smallest absolute Gasteiger partial charge is 0.263 e. The van der Waals surface area contributed by atoms with Gasteiger partial charge in [0.25, 0.3) is 10.0 Å². The molecule has 0 amide bonds. The van der Waals surface area contributed by atoms with Gasteiger partial charge in [-0.2, -0.15) is 0 Å². The van der Waals surface area contributed by atoms with Gasteiger partial charge in [0.2, 0.25) is 0 Å². The molecule has 0 unspecified atom stereocenters. The summed E-state index contributed by atoms with van der Waals surface area (Å²) in [5.41, 5.74) is 0.544. The van der Waals surface area contributed by atoms with Gasteiger partial charge in [-0.3, -0.25) is 4.72 Å². The van der Waals surface area contributed by atoms with Crippen molar-refractivity contribution in [1.29, 1.82) is 0 Å². The minimum Gasteiger partial charge on any atom is -0.312 e. The minimum absolute atomic E-state index is 0.344. The van der Waals surface area contributed by atoms with Crippen LogP contribution >= 0.6 is 27.3 Å². The van der Waals surface area contributed by atoms with Gasteiger partial charge < -0.3 is 5.32 Å². The van der Waals surface area contributed by atoms with Crippen molar-refractivity contribution in [3.05, 3.63) is 45.1 Å². The molecule has 114 valence electrons. The zero-order chi connectivity index (χ0) is 15.3. The van der Waals surface area contributed by atoms with Gasteiger partial charge in [-0.05, 0) is 42.6 Å². The van der Waals surface area contributed by atoms with Crippen LogP contribution in [0.2, 0.25) is 0 Å². The van der Waals surface area contributed by atoms with Crippen molar-refractivity contribution in [1.82, 2.24) is 5.32 Å². The second kappa shape index (κ2) is 7.40. The van der Waals surface area contributed by atoms with Gasteiger partial charge in [0.05, 0.1) is 0 Å². The molecule has 21 heavy (non-hydrogen) atoms. The number of hydrogen-bond donors (Lipinski definition) is 2. The van der Waals surface area contributed by atoms with Gasteiger partial charge >= 0.3 is 0 Å². The Morgan fingerprint density at radius 3 is 2.81 bits per heavy atom. The van der Waals surface area contributed by atoms with Gasteiger partial charge in [0.1, 0.15) is 4.90 Å². The van der Waals surface area contributed by atoms with Crippen LogP contribution in [-0.4, -0.2) is 15.0 Å². The van der Waals surface area contributed by atoms with Gasteiger partial charge in [-0.1, -0.05) is 28.9 Å². The van der Waals surface area contributed by atoms with Crippen LogP contribution in [0.15, 0.2) is 45.1 Å². The van der Waals surface area contributed by atoms with E-state index in [4.69, 9.17) is 0 Å². The normalized spacial score (nSPS) is 11.5. The van der Waals surface area contributed by atoms with Crippen LogP contribution in [0.5, 0.6) is 0 Å². The van der Waals surface area contributed by atoms with Crippen LogP contribution in [0.4, 0.5) is 5.69 Å². The molecule has 2 N–H and O–H groups in total. The number of thiophene rings is 1. The van der Waals surface area contributed by atoms with Crippen molar-refractivity contribution in [3.63, 3.8) is 0 Å². The number of nitrogens with one attached hydrogen (secondary N) is 2. The van der Waals surface area contributed by atoms with E-state index in [1.165, 1.54) is 11.3 Å². The van der Waals surface area contributed by atoms with E-state index in [2.05, 4.69) is 32.9 Å². The lowest BCUT2D eigenvalue weighted by molar-refractivity contribution is 0.599. The molecule has 0 spiro atoms. The van der Waals surface area contributed by atoms with Crippen molar-refractivity contribution >= 4 is 43.0 Å². The number of anilines is 1. The summed E-state index contributed by atoms with van der Waals surface area (Å²) in [7, 11) is -3.55. The standard InChI is InChI=1S/C14H17BrN2O2S2/c1-2-7-16-10-13-14(6-8-20-13)21(18,19)17-12-5-3-4-11(15)9-12/h3-6,8-9,16-17H,2,7,10H2,1H3. The Balaban J connectivity index is 2.18. The van der Waals surface area contributed by atoms with Crippen molar-refractivity contribution in [2.45, 2.75) is 24.8 Å². The van der Waals surface area contributed by atoms with E-state index in [0.29, 0.717) is 17.1 Å². The minimum atomic E-state index is -3.55. The van der Waals surface area contributed by atoms with E-state index in [1.807, 2.05) is 6.07 Å². The summed E-state index contributed by atoms with van der Waals surface area (Å²) < 4.78 is 28.4. The molecule has 4 nitrogen and oxygen atoms in total. The summed E-state index contributed by atoms with van der Waals surface area (Å²) in [5.74, 6) is 0. The fourth-order valence-electron chi connectivity index (χ4n) is 1.84. The second-order valence-electron chi connectivity index (χ2n) is 4.50. The molecular weight excluding hydrogens is 372 g/mol. The van der Waals surface area contributed by atoms with Gasteiger partial charge in [-0.25, -0.2) is 8.42 Å². The summed E-state index contributed by atoms with van der Waals surface area (Å²) in [5, 5.41) is 5.04. The molecule has 0 saturated carbocycles. The van der Waals surface area contributed by atoms with Crippen LogP contribution in [-0.2, 0) is 16.6 Å². The van der Waals surface area contributed by atoms with Gasteiger partial charge in [0.15, 0.2) is 0 Å². The highest BCUT2D eigenvalue weighted by Crippen LogP contribution is 2.25. The zero-order valence-corrected chi connectivity index (χ0v) is 14.8. The molecule has 0 saturated heterocycles. The highest BCUT2D eigenvalue weighted by molar-refractivity contribution is 9.10. The number of sulfonamides is 1. The average Bonchev–Trinajstić information content (AvgIpc) is 2.88. The summed E-state index contributed by atoms with van der Waals surface area (Å²) in [6.45, 7) is 3.52. The van der Waals surface area contributed by atoms with Crippen molar-refractivity contribution in [2.24, 2.45) is 0 Å². The third-order valence-electron chi connectivity index (χ3n) is 2.78. The molecular formula is C14H17BrN2O2S2.